The lowest BCUT2D eigenvalue weighted by atomic mass is 9.81. The quantitative estimate of drug-likeness (QED) is 0.375. The molecule has 0 radical (unpaired) electrons. The summed E-state index contributed by atoms with van der Waals surface area (Å²) in [5.74, 6) is 1.82. The van der Waals surface area contributed by atoms with Gasteiger partial charge in [-0.2, -0.15) is 0 Å². The van der Waals surface area contributed by atoms with Crippen molar-refractivity contribution < 1.29 is 5.11 Å². The summed E-state index contributed by atoms with van der Waals surface area (Å²) in [6.45, 7) is 10.9. The van der Waals surface area contributed by atoms with Gasteiger partial charge in [0.15, 0.2) is 0 Å². The summed E-state index contributed by atoms with van der Waals surface area (Å²) in [5, 5.41) is 20.4. The molecule has 0 spiro atoms. The van der Waals surface area contributed by atoms with Crippen LogP contribution in [0.5, 0.6) is 0 Å². The molecular weight excluding hydrogens is 388 g/mol. The third-order valence-electron chi connectivity index (χ3n) is 6.54. The highest BCUT2D eigenvalue weighted by molar-refractivity contribution is 6.02. The topological polar surface area (TPSA) is 94.5 Å². The van der Waals surface area contributed by atoms with Gasteiger partial charge in [-0.25, -0.2) is 9.97 Å². The Labute approximate surface area is 187 Å². The zero-order valence-corrected chi connectivity index (χ0v) is 19.5. The third-order valence-corrected chi connectivity index (χ3v) is 6.54. The molecule has 2 heterocycles. The molecule has 1 saturated carbocycles. The van der Waals surface area contributed by atoms with Gasteiger partial charge in [-0.05, 0) is 76.5 Å². The third kappa shape index (κ3) is 6.50. The number of nitrogens with zero attached hydrogens (tertiary/aromatic N) is 3. The summed E-state index contributed by atoms with van der Waals surface area (Å²) >= 11 is 0. The van der Waals surface area contributed by atoms with Gasteiger partial charge in [-0.1, -0.05) is 19.9 Å². The molecule has 0 amide bonds. The first-order valence-corrected chi connectivity index (χ1v) is 12.0. The standard InChI is InChI=1S/C24H40N6O/c1-5-6-16(2)28-24-27-15-21(23(25-4)29-19-11-13-26-14-12-19)22(30-24)17(3)18-7-9-20(31)10-8-18/h15-16,18-20,26,31H,3,5-14H2,1-2,4H3,(H,25,29)(H,27,28,30). The van der Waals surface area contributed by atoms with Crippen LogP contribution in [0.15, 0.2) is 17.8 Å². The van der Waals surface area contributed by atoms with E-state index in [0.29, 0.717) is 23.9 Å². The highest BCUT2D eigenvalue weighted by atomic mass is 16.3. The lowest BCUT2D eigenvalue weighted by Crippen LogP contribution is -2.43. The molecule has 0 bridgehead atoms. The number of hydrogen-bond donors (Lipinski definition) is 4. The molecule has 172 valence electrons. The fourth-order valence-electron chi connectivity index (χ4n) is 4.64. The summed E-state index contributed by atoms with van der Waals surface area (Å²) in [5.41, 5.74) is 2.83. The maximum atomic E-state index is 9.94. The average molecular weight is 429 g/mol. The van der Waals surface area contributed by atoms with Crippen molar-refractivity contribution in [3.63, 3.8) is 0 Å². The molecule has 1 aromatic heterocycles. The van der Waals surface area contributed by atoms with Gasteiger partial charge in [0.1, 0.15) is 5.84 Å². The molecule has 7 nitrogen and oxygen atoms in total. The van der Waals surface area contributed by atoms with Crippen LogP contribution in [0.25, 0.3) is 5.57 Å². The Hall–Kier alpha value is -1.99. The minimum Gasteiger partial charge on any atom is -0.393 e. The van der Waals surface area contributed by atoms with Gasteiger partial charge in [-0.15, -0.1) is 0 Å². The molecule has 1 aromatic rings. The van der Waals surface area contributed by atoms with Crippen molar-refractivity contribution in [2.24, 2.45) is 10.9 Å². The van der Waals surface area contributed by atoms with Crippen LogP contribution in [0.1, 0.15) is 76.5 Å². The second-order valence-electron chi connectivity index (χ2n) is 9.06. The molecule has 7 heteroatoms. The second kappa shape index (κ2) is 11.6. The van der Waals surface area contributed by atoms with Gasteiger partial charge < -0.3 is 21.1 Å². The van der Waals surface area contributed by atoms with E-state index < -0.39 is 0 Å². The summed E-state index contributed by atoms with van der Waals surface area (Å²) in [6.07, 6.45) is 9.57. The monoisotopic (exact) mass is 428 g/mol. The lowest BCUT2D eigenvalue weighted by Gasteiger charge is -2.29. The molecule has 3 rings (SSSR count). The molecule has 1 saturated heterocycles. The lowest BCUT2D eigenvalue weighted by molar-refractivity contribution is 0.119. The zero-order valence-electron chi connectivity index (χ0n) is 19.5. The molecule has 2 fully saturated rings. The van der Waals surface area contributed by atoms with Crippen LogP contribution in [0.3, 0.4) is 0 Å². The van der Waals surface area contributed by atoms with Crippen molar-refractivity contribution in [2.75, 3.05) is 25.5 Å². The Bertz CT molecular complexity index is 750. The molecule has 1 aliphatic heterocycles. The Morgan fingerprint density at radius 2 is 1.97 bits per heavy atom. The largest absolute Gasteiger partial charge is 0.393 e. The maximum absolute atomic E-state index is 9.94. The van der Waals surface area contributed by atoms with E-state index in [0.717, 1.165) is 87.1 Å². The summed E-state index contributed by atoms with van der Waals surface area (Å²) < 4.78 is 0. The smallest absolute Gasteiger partial charge is 0.223 e. The number of rotatable bonds is 8. The second-order valence-corrected chi connectivity index (χ2v) is 9.06. The summed E-state index contributed by atoms with van der Waals surface area (Å²) in [6, 6.07) is 0.710. The van der Waals surface area contributed by atoms with Gasteiger partial charge in [0.2, 0.25) is 5.95 Å². The number of nitrogens with one attached hydrogen (secondary N) is 3. The van der Waals surface area contributed by atoms with E-state index in [2.05, 4.69) is 46.4 Å². The number of allylic oxidation sites excluding steroid dienone is 1. The number of aliphatic hydroxyl groups is 1. The molecule has 4 N–H and O–H groups in total. The highest BCUT2D eigenvalue weighted by Crippen LogP contribution is 2.35. The van der Waals surface area contributed by atoms with Crippen LogP contribution in [-0.4, -0.2) is 59.2 Å². The predicted molar refractivity (Wildman–Crippen MR) is 129 cm³/mol. The van der Waals surface area contributed by atoms with Gasteiger partial charge >= 0.3 is 0 Å². The average Bonchev–Trinajstić information content (AvgIpc) is 2.78. The Balaban J connectivity index is 1.87. The zero-order chi connectivity index (χ0) is 22.2. The van der Waals surface area contributed by atoms with Crippen LogP contribution in [0.2, 0.25) is 0 Å². The van der Waals surface area contributed by atoms with Crippen molar-refractivity contribution in [3.05, 3.63) is 24.0 Å². The number of aromatic nitrogens is 2. The normalized spacial score (nSPS) is 23.9. The highest BCUT2D eigenvalue weighted by Gasteiger charge is 2.26. The van der Waals surface area contributed by atoms with Crippen LogP contribution >= 0.6 is 0 Å². The van der Waals surface area contributed by atoms with Crippen molar-refractivity contribution in [1.82, 2.24) is 20.6 Å². The number of amidine groups is 1. The van der Waals surface area contributed by atoms with E-state index in [1.54, 1.807) is 0 Å². The number of anilines is 1. The Morgan fingerprint density at radius 3 is 2.61 bits per heavy atom. The first-order chi connectivity index (χ1) is 15.0. The van der Waals surface area contributed by atoms with Crippen LogP contribution in [-0.2, 0) is 0 Å². The fraction of sp³-hybridized carbons (Fsp3) is 0.708. The van der Waals surface area contributed by atoms with E-state index in [4.69, 9.17) is 4.98 Å². The van der Waals surface area contributed by atoms with Gasteiger partial charge in [0.05, 0.1) is 17.4 Å². The Morgan fingerprint density at radius 1 is 1.26 bits per heavy atom. The summed E-state index contributed by atoms with van der Waals surface area (Å²) in [7, 11) is 1.82. The first kappa shape index (κ1) is 23.7. The van der Waals surface area contributed by atoms with Crippen LogP contribution in [0, 0.1) is 5.92 Å². The molecule has 1 unspecified atom stereocenters. The number of hydrogen-bond acceptors (Lipinski definition) is 6. The van der Waals surface area contributed by atoms with Crippen molar-refractivity contribution in [1.29, 1.82) is 0 Å². The van der Waals surface area contributed by atoms with E-state index in [1.807, 2.05) is 13.2 Å². The van der Waals surface area contributed by atoms with Gasteiger partial charge in [0.25, 0.3) is 0 Å². The van der Waals surface area contributed by atoms with Crippen molar-refractivity contribution >= 4 is 17.4 Å². The molecular formula is C24H40N6O. The van der Waals surface area contributed by atoms with Crippen LogP contribution < -0.4 is 16.0 Å². The number of aliphatic hydroxyl groups excluding tert-OH is 1. The fourth-order valence-corrected chi connectivity index (χ4v) is 4.64. The molecule has 1 atom stereocenters. The maximum Gasteiger partial charge on any atom is 0.223 e. The Kier molecular flexibility index (Phi) is 8.84. The van der Waals surface area contributed by atoms with Crippen LogP contribution in [0.4, 0.5) is 5.95 Å². The minimum absolute atomic E-state index is 0.185. The van der Waals surface area contributed by atoms with Crippen molar-refractivity contribution in [2.45, 2.75) is 83.4 Å². The SMILES string of the molecule is C=C(c1nc(NC(C)CCC)ncc1C(=NC)NC1CCNCC1)C1CCC(O)CC1. The first-order valence-electron chi connectivity index (χ1n) is 12.0. The van der Waals surface area contributed by atoms with Gasteiger partial charge in [0, 0.05) is 25.3 Å². The van der Waals surface area contributed by atoms with E-state index in [-0.39, 0.29) is 6.10 Å². The number of aliphatic imine (C=N–C) groups is 1. The van der Waals surface area contributed by atoms with E-state index in [1.165, 1.54) is 0 Å². The molecule has 2 aliphatic rings. The predicted octanol–water partition coefficient (Wildman–Crippen LogP) is 3.36. The minimum atomic E-state index is -0.185. The van der Waals surface area contributed by atoms with E-state index >= 15 is 0 Å². The summed E-state index contributed by atoms with van der Waals surface area (Å²) in [4.78, 5) is 14.1. The number of piperidine rings is 1. The van der Waals surface area contributed by atoms with Gasteiger partial charge in [-0.3, -0.25) is 4.99 Å². The molecule has 31 heavy (non-hydrogen) atoms. The van der Waals surface area contributed by atoms with Crippen molar-refractivity contribution in [3.8, 4) is 0 Å². The van der Waals surface area contributed by atoms with E-state index in [9.17, 15) is 5.11 Å². The molecule has 0 aromatic carbocycles. The molecule has 1 aliphatic carbocycles.